The van der Waals surface area contributed by atoms with Crippen molar-refractivity contribution >= 4 is 5.91 Å². The van der Waals surface area contributed by atoms with Crippen LogP contribution >= 0.6 is 0 Å². The maximum absolute atomic E-state index is 12.8. The minimum absolute atomic E-state index is 0.878. The van der Waals surface area contributed by atoms with Crippen LogP contribution in [-0.2, 0) is 56.9 Å². The number of carbonyl (C=O) groups excluding carboxylic acids is 1. The summed E-state index contributed by atoms with van der Waals surface area (Å²) >= 11 is 0. The Labute approximate surface area is 390 Å². The third-order valence-electron chi connectivity index (χ3n) is 12.8. The number of amides is 1. The molecule has 1 amide bonds. The Morgan fingerprint density at radius 1 is 0.377 bits per heavy atom. The van der Waals surface area contributed by atoms with Crippen molar-refractivity contribution in [1.29, 1.82) is 0 Å². The van der Waals surface area contributed by atoms with E-state index in [0.717, 1.165) is 6.92 Å². The highest BCUT2D eigenvalue weighted by Gasteiger charge is 2.58. The van der Waals surface area contributed by atoms with E-state index in [2.05, 4.69) is 5.32 Å². The second-order valence-electron chi connectivity index (χ2n) is 17.5. The normalized spacial score (nSPS) is 52.1. The van der Waals surface area contributed by atoms with Crippen molar-refractivity contribution in [1.82, 2.24) is 5.32 Å². The van der Waals surface area contributed by atoms with Crippen molar-refractivity contribution in [3.8, 4) is 0 Å². The van der Waals surface area contributed by atoms with Gasteiger partial charge in [-0.15, -0.1) is 0 Å². The Morgan fingerprint density at radius 3 is 1.30 bits per heavy atom. The molecule has 0 aromatic carbocycles. The van der Waals surface area contributed by atoms with E-state index >= 15 is 0 Å². The number of carbonyl (C=O) groups is 1. The van der Waals surface area contributed by atoms with Crippen LogP contribution in [0.1, 0.15) is 13.8 Å². The monoisotopic (exact) mass is 1020 g/mol. The Kier molecular flexibility index (Phi) is 19.8. The van der Waals surface area contributed by atoms with Crippen molar-refractivity contribution < 1.29 is 149 Å². The molecule has 31 nitrogen and oxygen atoms in total. The predicted octanol–water partition coefficient (Wildman–Crippen LogP) is -12.9. The van der Waals surface area contributed by atoms with Gasteiger partial charge in [0.2, 0.25) is 5.91 Å². The zero-order valence-electron chi connectivity index (χ0n) is 36.8. The fourth-order valence-electron chi connectivity index (χ4n) is 8.83. The average Bonchev–Trinajstić information content (AvgIpc) is 3.32. The molecule has 402 valence electrons. The fourth-order valence-corrected chi connectivity index (χ4v) is 8.83. The first-order chi connectivity index (χ1) is 32.6. The summed E-state index contributed by atoms with van der Waals surface area (Å²) in [4.78, 5) is 12.8. The zero-order chi connectivity index (χ0) is 50.9. The predicted molar refractivity (Wildman–Crippen MR) is 209 cm³/mol. The number of hydrogen-bond acceptors (Lipinski definition) is 30. The minimum atomic E-state index is -2.15. The molecule has 19 N–H and O–H groups in total. The van der Waals surface area contributed by atoms with Crippen molar-refractivity contribution in [2.45, 2.75) is 198 Å². The maximum Gasteiger partial charge on any atom is 0.217 e. The van der Waals surface area contributed by atoms with Gasteiger partial charge in [-0.05, 0) is 6.92 Å². The number of rotatable bonds is 16. The third kappa shape index (κ3) is 11.8. The summed E-state index contributed by atoms with van der Waals surface area (Å²) in [5.74, 6) is -0.878. The van der Waals surface area contributed by atoms with Gasteiger partial charge in [-0.25, -0.2) is 0 Å². The molecule has 30 atom stereocenters. The van der Waals surface area contributed by atoms with Gasteiger partial charge in [0.1, 0.15) is 140 Å². The first-order valence-corrected chi connectivity index (χ1v) is 22.0. The Morgan fingerprint density at radius 2 is 0.754 bits per heavy atom. The maximum atomic E-state index is 12.8. The van der Waals surface area contributed by atoms with E-state index < -0.39 is 223 Å². The van der Waals surface area contributed by atoms with Gasteiger partial charge in [0.05, 0.1) is 39.1 Å². The van der Waals surface area contributed by atoms with Gasteiger partial charge in [-0.1, -0.05) is 0 Å². The van der Waals surface area contributed by atoms with Crippen LogP contribution in [0.5, 0.6) is 0 Å². The molecule has 6 rings (SSSR count). The molecule has 0 spiro atoms. The van der Waals surface area contributed by atoms with Gasteiger partial charge >= 0.3 is 0 Å². The quantitative estimate of drug-likeness (QED) is 0.0682. The second-order valence-corrected chi connectivity index (χ2v) is 17.5. The Bertz CT molecular complexity index is 1610. The van der Waals surface area contributed by atoms with Crippen LogP contribution in [-0.4, -0.2) is 315 Å². The highest BCUT2D eigenvalue weighted by atomic mass is 16.8. The van der Waals surface area contributed by atoms with Gasteiger partial charge in [0.15, 0.2) is 37.7 Å². The van der Waals surface area contributed by atoms with Crippen LogP contribution in [0, 0.1) is 0 Å². The lowest BCUT2D eigenvalue weighted by atomic mass is 9.94. The standard InChI is InChI=1S/C38H65NO30/c1-8-16(46)20(50)25(55)35(59-8)69-32-31(68-36-26(56)21(51)17(47)10(3-40)62-36)19(49)12(5-42)63-38(32)67-30-15(39-9(2)45)34(61-11(4-41)18(30)48)65-29-14(7-44)64-37(27(57)23(29)53)66-28-13(6-43)60-33(58)24(54)22(28)52/h8,10-38,40-44,46-58H,3-7H2,1-2H3,(H,39,45)/t8-,10+,11+,12+,13+,14+,15+,16+,17-,18-,19-,20+,21-,22+,23+,24+,25-,26+,27+,28+,29-,30+,31-,32+,33?,34-,35-,36+,37-,38-/m0/s1. The lowest BCUT2D eigenvalue weighted by Crippen LogP contribution is -2.71. The lowest BCUT2D eigenvalue weighted by molar-refractivity contribution is -0.404. The summed E-state index contributed by atoms with van der Waals surface area (Å²) in [5.41, 5.74) is 0. The number of aliphatic hydroxyl groups excluding tert-OH is 18. The molecule has 1 unspecified atom stereocenters. The van der Waals surface area contributed by atoms with E-state index in [1.54, 1.807) is 0 Å². The third-order valence-corrected chi connectivity index (χ3v) is 12.8. The van der Waals surface area contributed by atoms with Crippen LogP contribution in [0.25, 0.3) is 0 Å². The van der Waals surface area contributed by atoms with E-state index in [1.807, 2.05) is 0 Å². The van der Waals surface area contributed by atoms with Crippen molar-refractivity contribution in [2.75, 3.05) is 33.0 Å². The van der Waals surface area contributed by atoms with Crippen molar-refractivity contribution in [2.24, 2.45) is 0 Å². The topological polar surface area (TPSA) is 495 Å². The molecule has 6 fully saturated rings. The van der Waals surface area contributed by atoms with Gasteiger partial charge in [-0.2, -0.15) is 0 Å². The molecule has 0 aliphatic carbocycles. The zero-order valence-corrected chi connectivity index (χ0v) is 36.8. The van der Waals surface area contributed by atoms with Crippen LogP contribution in [0.15, 0.2) is 0 Å². The molecule has 0 saturated carbocycles. The molecule has 6 aliphatic rings. The van der Waals surface area contributed by atoms with Crippen LogP contribution in [0.4, 0.5) is 0 Å². The molecule has 69 heavy (non-hydrogen) atoms. The van der Waals surface area contributed by atoms with Crippen molar-refractivity contribution in [3.05, 3.63) is 0 Å². The van der Waals surface area contributed by atoms with Crippen LogP contribution < -0.4 is 5.32 Å². The van der Waals surface area contributed by atoms with E-state index in [1.165, 1.54) is 6.92 Å². The molecular weight excluding hydrogens is 950 g/mol. The highest BCUT2D eigenvalue weighted by molar-refractivity contribution is 5.73. The van der Waals surface area contributed by atoms with Gasteiger partial charge in [0.25, 0.3) is 0 Å². The average molecular weight is 1020 g/mol. The van der Waals surface area contributed by atoms with E-state index in [9.17, 15) is 96.7 Å². The van der Waals surface area contributed by atoms with E-state index in [4.69, 9.17) is 52.1 Å². The number of aliphatic hydroxyl groups is 18. The Balaban J connectivity index is 1.32. The van der Waals surface area contributed by atoms with E-state index in [-0.39, 0.29) is 0 Å². The molecule has 6 heterocycles. The minimum Gasteiger partial charge on any atom is -0.394 e. The first kappa shape index (κ1) is 56.6. The van der Waals surface area contributed by atoms with Crippen LogP contribution in [0.3, 0.4) is 0 Å². The first-order valence-electron chi connectivity index (χ1n) is 22.0. The molecule has 6 saturated heterocycles. The van der Waals surface area contributed by atoms with Gasteiger partial charge in [-0.3, -0.25) is 4.79 Å². The molecule has 0 aromatic heterocycles. The molecule has 31 heteroatoms. The van der Waals surface area contributed by atoms with Gasteiger partial charge < -0.3 is 149 Å². The van der Waals surface area contributed by atoms with Crippen molar-refractivity contribution in [3.63, 3.8) is 0 Å². The molecular formula is C38H65NO30. The largest absolute Gasteiger partial charge is 0.394 e. The number of ether oxygens (including phenoxy) is 11. The highest BCUT2D eigenvalue weighted by Crippen LogP contribution is 2.38. The smallest absolute Gasteiger partial charge is 0.217 e. The summed E-state index contributed by atoms with van der Waals surface area (Å²) < 4.78 is 63.3. The fraction of sp³-hybridized carbons (Fsp3) is 0.974. The molecule has 0 aromatic rings. The SMILES string of the molecule is CC(=O)N[C@H]1[C@H](O[C@@H]2[C@H](O)[C@@H](O)[C@H](O[C@H]3[C@H](O)[C@@H](O)C(O)O[C@@H]3CO)O[C@@H]2CO)O[C@H](CO)[C@H](O)[C@@H]1O[C@@H]1O[C@H](CO)[C@H](O)[C@H](O[C@H]2O[C@H](CO)[C@H](O)[C@H](O)[C@H]2O)[C@H]1O[C@@H]1O[C@@H](C)[C@@H](O)[C@@H](O)[C@@H]1O. The summed E-state index contributed by atoms with van der Waals surface area (Å²) in [5, 5.41) is 194. The summed E-state index contributed by atoms with van der Waals surface area (Å²) in [7, 11) is 0. The summed E-state index contributed by atoms with van der Waals surface area (Å²) in [6, 6.07) is -1.81. The van der Waals surface area contributed by atoms with Crippen LogP contribution in [0.2, 0.25) is 0 Å². The summed E-state index contributed by atoms with van der Waals surface area (Å²) in [6.07, 6.45) is -55.2. The number of hydrogen-bond donors (Lipinski definition) is 19. The van der Waals surface area contributed by atoms with E-state index in [0.29, 0.717) is 0 Å². The molecule has 6 aliphatic heterocycles. The number of nitrogens with one attached hydrogen (secondary N) is 1. The lowest BCUT2D eigenvalue weighted by Gasteiger charge is -2.51. The Hall–Kier alpha value is -1.69. The summed E-state index contributed by atoms with van der Waals surface area (Å²) in [6.45, 7) is -2.64. The molecule has 0 bridgehead atoms. The molecule has 0 radical (unpaired) electrons. The van der Waals surface area contributed by atoms with Gasteiger partial charge in [0, 0.05) is 6.92 Å². The second kappa shape index (κ2) is 24.1.